The lowest BCUT2D eigenvalue weighted by Gasteiger charge is -2.29. The molecule has 0 spiro atoms. The van der Waals surface area contributed by atoms with E-state index in [-0.39, 0.29) is 29.6 Å². The minimum absolute atomic E-state index is 0.000790. The van der Waals surface area contributed by atoms with Crippen LogP contribution in [0.25, 0.3) is 0 Å². The second-order valence-corrected chi connectivity index (χ2v) is 10.0. The van der Waals surface area contributed by atoms with Gasteiger partial charge in [-0.1, -0.05) is 17.7 Å². The van der Waals surface area contributed by atoms with Gasteiger partial charge in [-0.2, -0.15) is 13.2 Å². The number of aromatic nitrogens is 1. The van der Waals surface area contributed by atoms with Gasteiger partial charge in [-0.3, -0.25) is 4.98 Å². The Bertz CT molecular complexity index is 1060. The molecule has 3 N–H and O–H groups in total. The number of nitrogens with one attached hydrogen (secondary N) is 3. The van der Waals surface area contributed by atoms with E-state index in [0.29, 0.717) is 38.3 Å². The van der Waals surface area contributed by atoms with E-state index in [1.54, 1.807) is 18.5 Å². The topological polar surface area (TPSA) is 100 Å². The lowest BCUT2D eigenvalue weighted by molar-refractivity contribution is -0.137. The van der Waals surface area contributed by atoms with Gasteiger partial charge in [0.1, 0.15) is 4.90 Å². The van der Waals surface area contributed by atoms with Crippen LogP contribution in [0.15, 0.2) is 47.6 Å². The summed E-state index contributed by atoms with van der Waals surface area (Å²) < 4.78 is 66.2. The van der Waals surface area contributed by atoms with E-state index in [2.05, 4.69) is 20.3 Å². The van der Waals surface area contributed by atoms with Crippen molar-refractivity contribution in [2.75, 3.05) is 6.54 Å². The first-order valence-corrected chi connectivity index (χ1v) is 12.2. The molecule has 2 amide bonds. The average Bonchev–Trinajstić information content (AvgIpc) is 2.77. The first kappa shape index (κ1) is 25.3. The Morgan fingerprint density at radius 3 is 2.52 bits per heavy atom. The van der Waals surface area contributed by atoms with Crippen molar-refractivity contribution in [1.82, 2.24) is 20.3 Å². The Kier molecular flexibility index (Phi) is 8.19. The molecule has 7 nitrogen and oxygen atoms in total. The highest BCUT2D eigenvalue weighted by molar-refractivity contribution is 7.89. The van der Waals surface area contributed by atoms with E-state index in [1.165, 1.54) is 0 Å². The van der Waals surface area contributed by atoms with Crippen molar-refractivity contribution in [3.8, 4) is 0 Å². The molecule has 0 aliphatic heterocycles. The van der Waals surface area contributed by atoms with Crippen LogP contribution in [0.1, 0.15) is 36.8 Å². The van der Waals surface area contributed by atoms with Gasteiger partial charge in [0.25, 0.3) is 0 Å². The van der Waals surface area contributed by atoms with Crippen molar-refractivity contribution in [3.05, 3.63) is 58.9 Å². The Morgan fingerprint density at radius 2 is 1.88 bits per heavy atom. The molecule has 0 saturated heterocycles. The molecule has 1 saturated carbocycles. The predicted octanol–water partition coefficient (Wildman–Crippen LogP) is 4.09. The monoisotopic (exact) mass is 504 g/mol. The number of carbonyl (C=O) groups is 1. The highest BCUT2D eigenvalue weighted by atomic mass is 35.5. The molecule has 1 heterocycles. The van der Waals surface area contributed by atoms with Gasteiger partial charge >= 0.3 is 12.2 Å². The molecular weight excluding hydrogens is 481 g/mol. The zero-order valence-corrected chi connectivity index (χ0v) is 19.1. The Hall–Kier alpha value is -2.37. The third-order valence-electron chi connectivity index (χ3n) is 5.47. The second kappa shape index (κ2) is 10.7. The standard InChI is InChI=1S/C21H24ClF3N4O3S/c22-18-8-5-16(21(23,24)25)10-19(18)33(31,32)28-13-14-3-6-17(7-4-14)29-20(30)27-12-15-2-1-9-26-11-15/h1-2,5,8-11,14,17,28H,3-4,6-7,12-13H2,(H2,27,29,30). The molecule has 1 fully saturated rings. The summed E-state index contributed by atoms with van der Waals surface area (Å²) in [5, 5.41) is 5.39. The molecule has 0 unspecified atom stereocenters. The minimum Gasteiger partial charge on any atom is -0.335 e. The van der Waals surface area contributed by atoms with E-state index in [9.17, 15) is 26.4 Å². The lowest BCUT2D eigenvalue weighted by atomic mass is 9.86. The first-order valence-electron chi connectivity index (χ1n) is 10.3. The fourth-order valence-electron chi connectivity index (χ4n) is 3.62. The summed E-state index contributed by atoms with van der Waals surface area (Å²) in [6, 6.07) is 5.51. The highest BCUT2D eigenvalue weighted by Crippen LogP contribution is 2.33. The average molecular weight is 505 g/mol. The maximum Gasteiger partial charge on any atom is 0.416 e. The van der Waals surface area contributed by atoms with E-state index >= 15 is 0 Å². The molecule has 0 atom stereocenters. The van der Waals surface area contributed by atoms with Crippen molar-refractivity contribution < 1.29 is 26.4 Å². The number of sulfonamides is 1. The number of rotatable bonds is 7. The molecule has 2 aromatic rings. The van der Waals surface area contributed by atoms with Crippen LogP contribution in [0.2, 0.25) is 5.02 Å². The number of hydrogen-bond acceptors (Lipinski definition) is 4. The van der Waals surface area contributed by atoms with E-state index in [0.717, 1.165) is 17.7 Å². The SMILES string of the molecule is O=C(NCc1cccnc1)NC1CCC(CNS(=O)(=O)c2cc(C(F)(F)F)ccc2Cl)CC1. The number of benzene rings is 1. The fraction of sp³-hybridized carbons (Fsp3) is 0.429. The highest BCUT2D eigenvalue weighted by Gasteiger charge is 2.33. The van der Waals surface area contributed by atoms with Crippen molar-refractivity contribution >= 4 is 27.7 Å². The minimum atomic E-state index is -4.68. The largest absolute Gasteiger partial charge is 0.416 e. The van der Waals surface area contributed by atoms with Gasteiger partial charge in [-0.15, -0.1) is 0 Å². The van der Waals surface area contributed by atoms with Gasteiger partial charge in [0.05, 0.1) is 10.6 Å². The number of carbonyl (C=O) groups excluding carboxylic acids is 1. The number of nitrogens with zero attached hydrogens (tertiary/aromatic N) is 1. The summed E-state index contributed by atoms with van der Waals surface area (Å²) in [5.74, 6) is 0.000790. The number of alkyl halides is 3. The molecular formula is C21H24ClF3N4O3S. The maximum atomic E-state index is 12.9. The molecule has 12 heteroatoms. The number of amides is 2. The second-order valence-electron chi connectivity index (χ2n) is 7.90. The van der Waals surface area contributed by atoms with Crippen LogP contribution in [-0.4, -0.2) is 32.0 Å². The van der Waals surface area contributed by atoms with Crippen LogP contribution in [0.5, 0.6) is 0 Å². The smallest absolute Gasteiger partial charge is 0.335 e. The van der Waals surface area contributed by atoms with E-state index in [1.807, 2.05) is 6.07 Å². The van der Waals surface area contributed by atoms with E-state index < -0.39 is 26.7 Å². The molecule has 1 aliphatic rings. The summed E-state index contributed by atoms with van der Waals surface area (Å²) in [6.45, 7) is 0.434. The number of pyridine rings is 1. The van der Waals surface area contributed by atoms with Gasteiger partial charge in [0.2, 0.25) is 10.0 Å². The zero-order valence-electron chi connectivity index (χ0n) is 17.5. The summed E-state index contributed by atoms with van der Waals surface area (Å²) >= 11 is 5.85. The van der Waals surface area contributed by atoms with Crippen LogP contribution in [0, 0.1) is 5.92 Å². The van der Waals surface area contributed by atoms with Crippen LogP contribution < -0.4 is 15.4 Å². The molecule has 1 aromatic heterocycles. The molecule has 3 rings (SSSR count). The number of urea groups is 1. The zero-order chi connectivity index (χ0) is 24.1. The lowest BCUT2D eigenvalue weighted by Crippen LogP contribution is -2.44. The number of hydrogen-bond donors (Lipinski definition) is 3. The van der Waals surface area contributed by atoms with Gasteiger partial charge in [-0.05, 0) is 61.4 Å². The van der Waals surface area contributed by atoms with Crippen molar-refractivity contribution in [2.24, 2.45) is 5.92 Å². The molecule has 0 radical (unpaired) electrons. The molecule has 180 valence electrons. The third kappa shape index (κ3) is 7.31. The van der Waals surface area contributed by atoms with Crippen LogP contribution in [-0.2, 0) is 22.7 Å². The molecule has 33 heavy (non-hydrogen) atoms. The first-order chi connectivity index (χ1) is 15.5. The maximum absolute atomic E-state index is 12.9. The van der Waals surface area contributed by atoms with Crippen LogP contribution in [0.4, 0.5) is 18.0 Å². The predicted molar refractivity (Wildman–Crippen MR) is 117 cm³/mol. The summed E-state index contributed by atoms with van der Waals surface area (Å²) in [4.78, 5) is 15.5. The van der Waals surface area contributed by atoms with E-state index in [4.69, 9.17) is 11.6 Å². The van der Waals surface area contributed by atoms with Gasteiger partial charge < -0.3 is 10.6 Å². The Morgan fingerprint density at radius 1 is 1.15 bits per heavy atom. The summed E-state index contributed by atoms with van der Waals surface area (Å²) in [7, 11) is -4.21. The summed E-state index contributed by atoms with van der Waals surface area (Å²) in [5.41, 5.74) is -0.204. The van der Waals surface area contributed by atoms with Gasteiger partial charge in [-0.25, -0.2) is 17.9 Å². The van der Waals surface area contributed by atoms with Crippen molar-refractivity contribution in [3.63, 3.8) is 0 Å². The summed E-state index contributed by atoms with van der Waals surface area (Å²) in [6.07, 6.45) is 1.28. The molecule has 1 aliphatic carbocycles. The molecule has 1 aromatic carbocycles. The van der Waals surface area contributed by atoms with Crippen molar-refractivity contribution in [2.45, 2.75) is 49.3 Å². The Balaban J connectivity index is 1.46. The normalized spacial score (nSPS) is 19.2. The molecule has 0 bridgehead atoms. The number of halogens is 4. The third-order valence-corrected chi connectivity index (χ3v) is 7.37. The van der Waals surface area contributed by atoms with Gasteiger partial charge in [0.15, 0.2) is 0 Å². The quantitative estimate of drug-likeness (QED) is 0.528. The van der Waals surface area contributed by atoms with Crippen LogP contribution >= 0.6 is 11.6 Å². The van der Waals surface area contributed by atoms with Gasteiger partial charge in [0, 0.05) is 31.5 Å². The fourth-order valence-corrected chi connectivity index (χ4v) is 5.26. The Labute approximate surface area is 195 Å². The van der Waals surface area contributed by atoms with Crippen LogP contribution in [0.3, 0.4) is 0 Å². The van der Waals surface area contributed by atoms with Crippen molar-refractivity contribution in [1.29, 1.82) is 0 Å².